The van der Waals surface area contributed by atoms with Crippen LogP contribution in [0, 0.1) is 10.1 Å². The predicted octanol–water partition coefficient (Wildman–Crippen LogP) is 2.61. The molecule has 1 aliphatic rings. The van der Waals surface area contributed by atoms with Gasteiger partial charge in [-0.3, -0.25) is 19.7 Å². The Kier molecular flexibility index (Phi) is 5.58. The Bertz CT molecular complexity index is 732. The van der Waals surface area contributed by atoms with Crippen LogP contribution >= 0.6 is 11.6 Å². The lowest BCUT2D eigenvalue weighted by atomic mass is 9.79. The van der Waals surface area contributed by atoms with Gasteiger partial charge in [0.2, 0.25) is 0 Å². The molecule has 142 valence electrons. The third-order valence-electron chi connectivity index (χ3n) is 4.13. The molecule has 2 amide bonds. The van der Waals surface area contributed by atoms with Crippen LogP contribution < -0.4 is 16.0 Å². The number of hydrogen-bond acceptors (Lipinski definition) is 5. The first-order valence-corrected chi connectivity index (χ1v) is 8.61. The number of rotatable bonds is 3. The average Bonchev–Trinajstić information content (AvgIpc) is 2.45. The summed E-state index contributed by atoms with van der Waals surface area (Å²) >= 11 is 5.73. The molecule has 0 aromatic heterocycles. The normalized spacial score (nSPS) is 18.8. The number of carbonyl (C=O) groups is 2. The zero-order valence-electron chi connectivity index (χ0n) is 15.2. The Morgan fingerprint density at radius 1 is 1.19 bits per heavy atom. The summed E-state index contributed by atoms with van der Waals surface area (Å²) in [6, 6.07) is 3.66. The number of carbonyl (C=O) groups excluding carboxylic acids is 2. The molecule has 1 fully saturated rings. The van der Waals surface area contributed by atoms with Gasteiger partial charge in [0, 0.05) is 28.9 Å². The van der Waals surface area contributed by atoms with Gasteiger partial charge in [-0.05, 0) is 52.7 Å². The fraction of sp³-hybridized carbons (Fsp3) is 0.529. The number of halogens is 1. The zero-order valence-corrected chi connectivity index (χ0v) is 15.9. The third kappa shape index (κ3) is 5.15. The Morgan fingerprint density at radius 2 is 1.77 bits per heavy atom. The minimum Gasteiger partial charge on any atom is -0.345 e. The second kappa shape index (κ2) is 7.20. The van der Waals surface area contributed by atoms with E-state index in [0.717, 1.165) is 6.07 Å². The largest absolute Gasteiger partial charge is 0.345 e. The maximum atomic E-state index is 12.2. The highest BCUT2D eigenvalue weighted by atomic mass is 35.5. The number of hydrogen-bond donors (Lipinski definition) is 3. The van der Waals surface area contributed by atoms with Gasteiger partial charge in [0.25, 0.3) is 5.69 Å². The van der Waals surface area contributed by atoms with Crippen LogP contribution in [0.3, 0.4) is 0 Å². The second-order valence-corrected chi connectivity index (χ2v) is 8.26. The number of nitro groups is 1. The van der Waals surface area contributed by atoms with E-state index in [1.165, 1.54) is 12.1 Å². The van der Waals surface area contributed by atoms with Crippen molar-refractivity contribution in [3.8, 4) is 0 Å². The Labute approximate surface area is 156 Å². The van der Waals surface area contributed by atoms with Crippen molar-refractivity contribution in [3.63, 3.8) is 0 Å². The van der Waals surface area contributed by atoms with E-state index in [1.54, 1.807) is 0 Å². The second-order valence-electron chi connectivity index (χ2n) is 7.85. The van der Waals surface area contributed by atoms with E-state index in [2.05, 4.69) is 16.0 Å². The van der Waals surface area contributed by atoms with Crippen LogP contribution in [0.4, 0.5) is 11.4 Å². The van der Waals surface area contributed by atoms with Crippen LogP contribution in [0.2, 0.25) is 5.02 Å². The smallest absolute Gasteiger partial charge is 0.313 e. The van der Waals surface area contributed by atoms with Crippen molar-refractivity contribution in [3.05, 3.63) is 33.3 Å². The van der Waals surface area contributed by atoms with Gasteiger partial charge in [0.1, 0.15) is 5.02 Å². The van der Waals surface area contributed by atoms with Crippen molar-refractivity contribution >= 4 is 34.8 Å². The summed E-state index contributed by atoms with van der Waals surface area (Å²) in [6.45, 7) is 8.17. The molecule has 1 aromatic carbocycles. The lowest BCUT2D eigenvalue weighted by Crippen LogP contribution is -2.62. The van der Waals surface area contributed by atoms with Crippen LogP contribution in [0.1, 0.15) is 40.5 Å². The van der Waals surface area contributed by atoms with Crippen molar-refractivity contribution < 1.29 is 14.5 Å². The molecule has 8 nitrogen and oxygen atoms in total. The molecule has 3 N–H and O–H groups in total. The maximum absolute atomic E-state index is 12.2. The van der Waals surface area contributed by atoms with Gasteiger partial charge < -0.3 is 16.0 Å². The predicted molar refractivity (Wildman–Crippen MR) is 99.2 cm³/mol. The van der Waals surface area contributed by atoms with Crippen molar-refractivity contribution in [2.24, 2.45) is 0 Å². The molecule has 1 aliphatic heterocycles. The Balaban J connectivity index is 2.03. The van der Waals surface area contributed by atoms with Gasteiger partial charge >= 0.3 is 11.8 Å². The molecule has 0 bridgehead atoms. The molecule has 2 rings (SSSR count). The number of nitrogens with one attached hydrogen (secondary N) is 3. The van der Waals surface area contributed by atoms with Gasteiger partial charge in [0.05, 0.1) is 4.92 Å². The standard InChI is InChI=1S/C17H23ClN4O4/c1-16(2)8-11(9-17(3,4)21-16)20-15(24)14(23)19-10-5-6-12(18)13(7-10)22(25)26/h5-7,11,21H,8-9H2,1-4H3,(H,19,23)(H,20,24). The summed E-state index contributed by atoms with van der Waals surface area (Å²) in [6.07, 6.45) is 1.36. The number of anilines is 1. The minimum atomic E-state index is -0.879. The van der Waals surface area contributed by atoms with Crippen molar-refractivity contribution in [2.45, 2.75) is 57.7 Å². The monoisotopic (exact) mass is 382 g/mol. The van der Waals surface area contributed by atoms with Crippen molar-refractivity contribution in [1.29, 1.82) is 0 Å². The summed E-state index contributed by atoms with van der Waals surface area (Å²) in [4.78, 5) is 34.6. The number of amides is 2. The van der Waals surface area contributed by atoms with E-state index in [9.17, 15) is 19.7 Å². The van der Waals surface area contributed by atoms with Gasteiger partial charge in [-0.15, -0.1) is 0 Å². The van der Waals surface area contributed by atoms with Crippen LogP contribution in [0.15, 0.2) is 18.2 Å². The highest BCUT2D eigenvalue weighted by Crippen LogP contribution is 2.29. The van der Waals surface area contributed by atoms with Gasteiger partial charge in [-0.25, -0.2) is 0 Å². The number of benzene rings is 1. The van der Waals surface area contributed by atoms with E-state index in [-0.39, 0.29) is 33.5 Å². The number of piperidine rings is 1. The molecule has 26 heavy (non-hydrogen) atoms. The van der Waals surface area contributed by atoms with E-state index < -0.39 is 16.7 Å². The first-order chi connectivity index (χ1) is 11.9. The molecule has 0 radical (unpaired) electrons. The molecule has 0 atom stereocenters. The molecule has 1 heterocycles. The van der Waals surface area contributed by atoms with E-state index in [0.29, 0.717) is 12.8 Å². The fourth-order valence-electron chi connectivity index (χ4n) is 3.59. The van der Waals surface area contributed by atoms with E-state index >= 15 is 0 Å². The molecule has 1 aromatic rings. The summed E-state index contributed by atoms with van der Waals surface area (Å²) < 4.78 is 0. The zero-order chi connectivity index (χ0) is 19.7. The highest BCUT2D eigenvalue weighted by Gasteiger charge is 2.38. The lowest BCUT2D eigenvalue weighted by Gasteiger charge is -2.46. The molecule has 0 aliphatic carbocycles. The highest BCUT2D eigenvalue weighted by molar-refractivity contribution is 6.39. The summed E-state index contributed by atoms with van der Waals surface area (Å²) in [5.74, 6) is -1.66. The average molecular weight is 383 g/mol. The summed E-state index contributed by atoms with van der Waals surface area (Å²) in [5.41, 5.74) is -0.557. The van der Waals surface area contributed by atoms with Gasteiger partial charge in [-0.2, -0.15) is 0 Å². The number of nitrogens with zero attached hydrogens (tertiary/aromatic N) is 1. The van der Waals surface area contributed by atoms with Crippen LogP contribution in [-0.2, 0) is 9.59 Å². The lowest BCUT2D eigenvalue weighted by molar-refractivity contribution is -0.384. The minimum absolute atomic E-state index is 0.0448. The summed E-state index contributed by atoms with van der Waals surface area (Å²) in [5, 5.41) is 19.5. The Morgan fingerprint density at radius 3 is 2.31 bits per heavy atom. The van der Waals surface area contributed by atoms with Crippen LogP contribution in [0.25, 0.3) is 0 Å². The maximum Gasteiger partial charge on any atom is 0.313 e. The first-order valence-electron chi connectivity index (χ1n) is 8.24. The molecule has 0 unspecified atom stereocenters. The molecular weight excluding hydrogens is 360 g/mol. The molecular formula is C17H23ClN4O4. The number of nitro benzene ring substituents is 1. The Hall–Kier alpha value is -2.19. The van der Waals surface area contributed by atoms with Crippen LogP contribution in [0.5, 0.6) is 0 Å². The van der Waals surface area contributed by atoms with Crippen LogP contribution in [-0.4, -0.2) is 33.9 Å². The molecule has 0 saturated carbocycles. The van der Waals surface area contributed by atoms with Gasteiger partial charge in [-0.1, -0.05) is 11.6 Å². The topological polar surface area (TPSA) is 113 Å². The molecule has 0 spiro atoms. The molecule has 1 saturated heterocycles. The molecule has 9 heteroatoms. The third-order valence-corrected chi connectivity index (χ3v) is 4.45. The van der Waals surface area contributed by atoms with E-state index in [1.807, 2.05) is 27.7 Å². The van der Waals surface area contributed by atoms with Crippen molar-refractivity contribution in [1.82, 2.24) is 10.6 Å². The summed E-state index contributed by atoms with van der Waals surface area (Å²) in [7, 11) is 0. The first kappa shape index (κ1) is 20.1. The quantitative estimate of drug-likeness (QED) is 0.422. The SMILES string of the molecule is CC1(C)CC(NC(=O)C(=O)Nc2ccc(Cl)c([N+](=O)[O-])c2)CC(C)(C)N1. The van der Waals surface area contributed by atoms with E-state index in [4.69, 9.17) is 11.6 Å². The fourth-order valence-corrected chi connectivity index (χ4v) is 3.78. The van der Waals surface area contributed by atoms with Crippen molar-refractivity contribution in [2.75, 3.05) is 5.32 Å². The van der Waals surface area contributed by atoms with Gasteiger partial charge in [0.15, 0.2) is 0 Å².